The second-order valence-electron chi connectivity index (χ2n) is 12.4. The molecule has 3 saturated heterocycles. The minimum Gasteiger partial charge on any atom is -0.392 e. The highest BCUT2D eigenvalue weighted by atomic mass is 16.8. The number of rotatable bonds is 1. The van der Waals surface area contributed by atoms with Crippen LogP contribution in [0.1, 0.15) is 56.9 Å². The maximum Gasteiger partial charge on any atom is 0.213 e. The molecule has 0 aromatic heterocycles. The third kappa shape index (κ3) is 2.09. The Bertz CT molecular complexity index is 1090. The number of ketones is 1. The molecule has 4 bridgehead atoms. The van der Waals surface area contributed by atoms with Crippen molar-refractivity contribution in [3.05, 3.63) is 47.5 Å². The van der Waals surface area contributed by atoms with E-state index in [4.69, 9.17) is 14.2 Å². The first-order chi connectivity index (χ1) is 16.1. The zero-order valence-electron chi connectivity index (χ0n) is 20.1. The molecule has 1 aromatic rings. The number of ether oxygens (including phenoxy) is 3. The Morgan fingerprint density at radius 1 is 1.09 bits per heavy atom. The van der Waals surface area contributed by atoms with E-state index in [2.05, 4.69) is 20.4 Å². The van der Waals surface area contributed by atoms with Gasteiger partial charge in [-0.2, -0.15) is 0 Å². The normalized spacial score (nSPS) is 52.3. The van der Waals surface area contributed by atoms with Crippen LogP contribution in [0.25, 0.3) is 0 Å². The Morgan fingerprint density at radius 2 is 1.82 bits per heavy atom. The highest BCUT2D eigenvalue weighted by Gasteiger charge is 2.89. The highest BCUT2D eigenvalue weighted by molar-refractivity contribution is 6.05. The summed E-state index contributed by atoms with van der Waals surface area (Å²) in [5, 5.41) is 23.8. The van der Waals surface area contributed by atoms with Crippen LogP contribution >= 0.6 is 0 Å². The van der Waals surface area contributed by atoms with Gasteiger partial charge < -0.3 is 24.4 Å². The van der Waals surface area contributed by atoms with E-state index in [-0.39, 0.29) is 35.6 Å². The fourth-order valence-corrected chi connectivity index (χ4v) is 9.43. The van der Waals surface area contributed by atoms with Gasteiger partial charge in [0.2, 0.25) is 5.79 Å². The lowest BCUT2D eigenvalue weighted by atomic mass is 9.35. The van der Waals surface area contributed by atoms with Crippen molar-refractivity contribution in [2.45, 2.75) is 76.8 Å². The van der Waals surface area contributed by atoms with E-state index in [1.807, 2.05) is 31.2 Å². The lowest BCUT2D eigenvalue weighted by Gasteiger charge is -2.77. The lowest BCUT2D eigenvalue weighted by Crippen LogP contribution is -2.87. The predicted octanol–water partition coefficient (Wildman–Crippen LogP) is 3.45. The molecule has 0 amide bonds. The Morgan fingerprint density at radius 3 is 2.56 bits per heavy atom. The predicted molar refractivity (Wildman–Crippen MR) is 122 cm³/mol. The number of hydrogen-bond acceptors (Lipinski definition) is 6. The number of aliphatic hydroxyl groups is 2. The second-order valence-corrected chi connectivity index (χ2v) is 12.4. The minimum absolute atomic E-state index is 0.0977. The molecule has 1 aromatic carbocycles. The Kier molecular flexibility index (Phi) is 4.08. The van der Waals surface area contributed by atoms with Crippen LogP contribution in [0, 0.1) is 40.9 Å². The smallest absolute Gasteiger partial charge is 0.213 e. The highest BCUT2D eigenvalue weighted by Crippen LogP contribution is 2.79. The molecule has 8 rings (SSSR count). The van der Waals surface area contributed by atoms with Crippen molar-refractivity contribution in [2.24, 2.45) is 34.0 Å². The molecule has 10 atom stereocenters. The van der Waals surface area contributed by atoms with Gasteiger partial charge in [0, 0.05) is 22.8 Å². The van der Waals surface area contributed by atoms with Gasteiger partial charge >= 0.3 is 0 Å². The van der Waals surface area contributed by atoms with Gasteiger partial charge in [0.05, 0.1) is 18.8 Å². The van der Waals surface area contributed by atoms with Crippen LogP contribution in [0.3, 0.4) is 0 Å². The lowest BCUT2D eigenvalue weighted by molar-refractivity contribution is -0.520. The van der Waals surface area contributed by atoms with Gasteiger partial charge in [0.25, 0.3) is 0 Å². The summed E-state index contributed by atoms with van der Waals surface area (Å²) < 4.78 is 20.0. The summed E-state index contributed by atoms with van der Waals surface area (Å²) >= 11 is 0. The summed E-state index contributed by atoms with van der Waals surface area (Å²) in [4.78, 5) is 14.2. The zero-order valence-corrected chi connectivity index (χ0v) is 20.1. The van der Waals surface area contributed by atoms with Gasteiger partial charge in [-0.05, 0) is 49.5 Å². The van der Waals surface area contributed by atoms with Crippen LogP contribution in [-0.2, 0) is 19.0 Å². The van der Waals surface area contributed by atoms with Gasteiger partial charge in [-0.1, -0.05) is 50.3 Å². The number of fused-ring (bicyclic) bond motifs is 1. The first kappa shape index (κ1) is 21.7. The molecule has 1 unspecified atom stereocenters. The summed E-state index contributed by atoms with van der Waals surface area (Å²) in [6.07, 6.45) is 0.0493. The Hall–Kier alpha value is -1.57. The number of benzene rings is 1. The molecule has 6 nitrogen and oxygen atoms in total. The molecule has 4 saturated carbocycles. The first-order valence-corrected chi connectivity index (χ1v) is 12.7. The molecule has 34 heavy (non-hydrogen) atoms. The standard InChI is InChI=1S/C28H34O6/c1-14-5-7-16(8-6-14)24-33-23-17-9-10-18-26-13-32-28(34-24,27(18,23)21(30)15(17)2)22(31)20(26)25(3,4)12-11-19(26)29/h5-8,17-20,22-24,29,31H,2,9-13H2,1,3-4H3/t17-,18-,19-,20+,22-,23+,24?,26+,27-,28-/m0/s1. The molecule has 7 aliphatic rings. The maximum absolute atomic E-state index is 14.2. The molecule has 3 aliphatic heterocycles. The van der Waals surface area contributed by atoms with Crippen molar-refractivity contribution in [3.8, 4) is 0 Å². The number of hydrogen-bond donors (Lipinski definition) is 2. The monoisotopic (exact) mass is 466 g/mol. The van der Waals surface area contributed by atoms with Crippen LogP contribution < -0.4 is 0 Å². The van der Waals surface area contributed by atoms with Crippen LogP contribution in [0.4, 0.5) is 0 Å². The average Bonchev–Trinajstić information content (AvgIpc) is 2.94. The molecule has 3 spiro atoms. The molecule has 4 aliphatic carbocycles. The molecule has 6 heteroatoms. The van der Waals surface area contributed by atoms with E-state index in [1.54, 1.807) is 0 Å². The van der Waals surface area contributed by atoms with Gasteiger partial charge in [0.15, 0.2) is 12.1 Å². The fourth-order valence-electron chi connectivity index (χ4n) is 9.43. The third-order valence-electron chi connectivity index (χ3n) is 10.7. The van der Waals surface area contributed by atoms with Crippen LogP contribution in [0.2, 0.25) is 0 Å². The van der Waals surface area contributed by atoms with Gasteiger partial charge in [-0.15, -0.1) is 0 Å². The summed E-state index contributed by atoms with van der Waals surface area (Å²) in [6.45, 7) is 10.9. The molecule has 7 fully saturated rings. The quantitative estimate of drug-likeness (QED) is 0.617. The molecule has 182 valence electrons. The first-order valence-electron chi connectivity index (χ1n) is 12.7. The van der Waals surface area contributed by atoms with Crippen molar-refractivity contribution in [1.82, 2.24) is 0 Å². The average molecular weight is 467 g/mol. The van der Waals surface area contributed by atoms with E-state index >= 15 is 0 Å². The summed E-state index contributed by atoms with van der Waals surface area (Å²) in [6, 6.07) is 7.97. The van der Waals surface area contributed by atoms with Crippen molar-refractivity contribution in [2.75, 3.05) is 6.61 Å². The van der Waals surface area contributed by atoms with Gasteiger partial charge in [-0.3, -0.25) is 4.79 Å². The molecule has 0 radical (unpaired) electrons. The number of carbonyl (C=O) groups excluding carboxylic acids is 1. The number of Topliss-reactive ketones (excluding diaryl/α,β-unsaturated/α-hetero) is 1. The van der Waals surface area contributed by atoms with E-state index in [9.17, 15) is 15.0 Å². The summed E-state index contributed by atoms with van der Waals surface area (Å²) in [5.74, 6) is -2.19. The minimum atomic E-state index is -1.52. The van der Waals surface area contributed by atoms with E-state index in [0.29, 0.717) is 12.0 Å². The molecule has 2 N–H and O–H groups in total. The maximum atomic E-state index is 14.2. The Balaban J connectivity index is 1.47. The van der Waals surface area contributed by atoms with Crippen molar-refractivity contribution in [3.63, 3.8) is 0 Å². The van der Waals surface area contributed by atoms with Crippen molar-refractivity contribution < 1.29 is 29.2 Å². The second kappa shape index (κ2) is 6.40. The summed E-state index contributed by atoms with van der Waals surface area (Å²) in [5.41, 5.74) is 0.400. The topological polar surface area (TPSA) is 85.2 Å². The van der Waals surface area contributed by atoms with Crippen molar-refractivity contribution in [1.29, 1.82) is 0 Å². The van der Waals surface area contributed by atoms with Gasteiger partial charge in [-0.25, -0.2) is 0 Å². The SMILES string of the molecule is C=C1C(=O)[C@@]23[C@@H]4OC(c5ccc(C)cc5)O[C@]25OC[C@@]2([C@H]([C@@H]5O)C(C)(C)CC[C@@H]2O)[C@@H]3CC[C@@H]14. The number of aliphatic hydroxyl groups excluding tert-OH is 2. The molecular formula is C28H34O6. The van der Waals surface area contributed by atoms with E-state index < -0.39 is 41.2 Å². The van der Waals surface area contributed by atoms with Gasteiger partial charge in [0.1, 0.15) is 11.5 Å². The number of aryl methyl sites for hydroxylation is 1. The Labute approximate surface area is 200 Å². The zero-order chi connectivity index (χ0) is 23.8. The largest absolute Gasteiger partial charge is 0.392 e. The summed E-state index contributed by atoms with van der Waals surface area (Å²) in [7, 11) is 0. The molecule has 3 heterocycles. The van der Waals surface area contributed by atoms with Crippen LogP contribution in [0.15, 0.2) is 36.4 Å². The van der Waals surface area contributed by atoms with E-state index in [1.165, 1.54) is 0 Å². The van der Waals surface area contributed by atoms with Crippen LogP contribution in [-0.4, -0.2) is 46.7 Å². The van der Waals surface area contributed by atoms with Crippen molar-refractivity contribution >= 4 is 5.78 Å². The number of carbonyl (C=O) groups is 1. The van der Waals surface area contributed by atoms with E-state index in [0.717, 1.165) is 30.4 Å². The van der Waals surface area contributed by atoms with Crippen LogP contribution in [0.5, 0.6) is 0 Å². The fraction of sp³-hybridized carbons (Fsp3) is 0.679. The molecular weight excluding hydrogens is 432 g/mol. The third-order valence-corrected chi connectivity index (χ3v) is 10.7.